The van der Waals surface area contributed by atoms with Gasteiger partial charge in [-0.2, -0.15) is 0 Å². The second-order valence-electron chi connectivity index (χ2n) is 7.54. The fourth-order valence-corrected chi connectivity index (χ4v) is 2.03. The zero-order valence-corrected chi connectivity index (χ0v) is 13.4. The highest BCUT2D eigenvalue weighted by atomic mass is 16.3. The molecule has 108 valence electrons. The Bertz CT molecular complexity index is 427. The highest BCUT2D eigenvalue weighted by Crippen LogP contribution is 2.26. The molecule has 0 radical (unpaired) electrons. The normalized spacial score (nSPS) is 12.6. The van der Waals surface area contributed by atoms with Crippen LogP contribution in [0.25, 0.3) is 0 Å². The summed E-state index contributed by atoms with van der Waals surface area (Å²) in [5.74, 6) is 0.936. The Morgan fingerprint density at radius 2 is 1.68 bits per heavy atom. The van der Waals surface area contributed by atoms with Crippen LogP contribution in [0.4, 0.5) is 5.82 Å². The van der Waals surface area contributed by atoms with Crippen LogP contribution < -0.4 is 4.90 Å². The summed E-state index contributed by atoms with van der Waals surface area (Å²) in [7, 11) is 2.06. The van der Waals surface area contributed by atoms with Gasteiger partial charge >= 0.3 is 0 Å². The summed E-state index contributed by atoms with van der Waals surface area (Å²) in [5.41, 5.74) is 2.15. The van der Waals surface area contributed by atoms with Crippen molar-refractivity contribution in [1.29, 1.82) is 0 Å². The van der Waals surface area contributed by atoms with Crippen molar-refractivity contribution in [3.8, 4) is 0 Å². The minimum atomic E-state index is -0.0114. The maximum Gasteiger partial charge on any atom is 0.128 e. The monoisotopic (exact) mass is 264 g/mol. The van der Waals surface area contributed by atoms with Crippen LogP contribution in [-0.4, -0.2) is 23.7 Å². The molecule has 0 unspecified atom stereocenters. The molecule has 0 aromatic carbocycles. The quantitative estimate of drug-likeness (QED) is 0.909. The van der Waals surface area contributed by atoms with Crippen molar-refractivity contribution < 1.29 is 5.11 Å². The van der Waals surface area contributed by atoms with Crippen LogP contribution in [0.2, 0.25) is 0 Å². The standard InChI is InChI=1S/C16H28N2O/c1-15(2,3)11-18(7)14-9-12(10-19)8-13(17-14)16(4,5)6/h8-9,19H,10-11H2,1-7H3. The maximum absolute atomic E-state index is 9.42. The van der Waals surface area contributed by atoms with Crippen LogP contribution in [0.5, 0.6) is 0 Å². The molecule has 1 heterocycles. The molecular weight excluding hydrogens is 236 g/mol. The number of hydrogen-bond acceptors (Lipinski definition) is 3. The Morgan fingerprint density at radius 1 is 1.11 bits per heavy atom. The minimum absolute atomic E-state index is 0.0114. The molecule has 1 rings (SSSR count). The van der Waals surface area contributed by atoms with Gasteiger partial charge in [-0.25, -0.2) is 4.98 Å². The first kappa shape index (κ1) is 16.0. The van der Waals surface area contributed by atoms with Gasteiger partial charge in [-0.15, -0.1) is 0 Å². The molecule has 0 saturated heterocycles. The van der Waals surface area contributed by atoms with Crippen LogP contribution in [-0.2, 0) is 12.0 Å². The fourth-order valence-electron chi connectivity index (χ4n) is 2.03. The molecule has 0 amide bonds. The van der Waals surface area contributed by atoms with Crippen molar-refractivity contribution in [2.75, 3.05) is 18.5 Å². The molecule has 0 spiro atoms. The van der Waals surface area contributed by atoms with E-state index in [2.05, 4.69) is 53.5 Å². The van der Waals surface area contributed by atoms with Gasteiger partial charge in [0.2, 0.25) is 0 Å². The van der Waals surface area contributed by atoms with E-state index in [9.17, 15) is 5.11 Å². The van der Waals surface area contributed by atoms with Crippen LogP contribution in [0.15, 0.2) is 12.1 Å². The first-order chi connectivity index (χ1) is 8.53. The van der Waals surface area contributed by atoms with Crippen LogP contribution in [0.3, 0.4) is 0 Å². The molecule has 19 heavy (non-hydrogen) atoms. The van der Waals surface area contributed by atoms with Gasteiger partial charge in [0.1, 0.15) is 5.82 Å². The van der Waals surface area contributed by atoms with E-state index in [0.29, 0.717) is 0 Å². The molecule has 0 bridgehead atoms. The third-order valence-electron chi connectivity index (χ3n) is 2.93. The van der Waals surface area contributed by atoms with Gasteiger partial charge in [0.05, 0.1) is 6.61 Å². The zero-order valence-electron chi connectivity index (χ0n) is 13.4. The molecule has 1 aromatic rings. The van der Waals surface area contributed by atoms with Crippen LogP contribution >= 0.6 is 0 Å². The molecule has 0 aliphatic heterocycles. The van der Waals surface area contributed by atoms with E-state index in [0.717, 1.165) is 23.6 Å². The predicted molar refractivity (Wildman–Crippen MR) is 81.6 cm³/mol. The second kappa shape index (κ2) is 5.49. The SMILES string of the molecule is CN(CC(C)(C)C)c1cc(CO)cc(C(C)(C)C)n1. The average molecular weight is 264 g/mol. The van der Waals surface area contributed by atoms with Gasteiger partial charge in [0.15, 0.2) is 0 Å². The molecule has 1 aromatic heterocycles. The predicted octanol–water partition coefficient (Wildman–Crippen LogP) is 3.35. The first-order valence-electron chi connectivity index (χ1n) is 6.86. The van der Waals surface area contributed by atoms with Gasteiger partial charge in [0.25, 0.3) is 0 Å². The summed E-state index contributed by atoms with van der Waals surface area (Å²) in [6.07, 6.45) is 0. The number of hydrogen-bond donors (Lipinski definition) is 1. The van der Waals surface area contributed by atoms with E-state index in [1.807, 2.05) is 12.1 Å². The van der Waals surface area contributed by atoms with Gasteiger partial charge < -0.3 is 10.0 Å². The van der Waals surface area contributed by atoms with E-state index in [-0.39, 0.29) is 17.4 Å². The number of anilines is 1. The molecule has 0 aliphatic carbocycles. The summed E-state index contributed by atoms with van der Waals surface area (Å²) in [6, 6.07) is 3.97. The maximum atomic E-state index is 9.42. The molecular formula is C16H28N2O. The fraction of sp³-hybridized carbons (Fsp3) is 0.688. The number of nitrogens with zero attached hydrogens (tertiary/aromatic N) is 2. The molecule has 1 N–H and O–H groups in total. The summed E-state index contributed by atoms with van der Waals surface area (Å²) < 4.78 is 0. The van der Waals surface area contributed by atoms with E-state index < -0.39 is 0 Å². The van der Waals surface area contributed by atoms with Crippen molar-refractivity contribution in [3.63, 3.8) is 0 Å². The van der Waals surface area contributed by atoms with E-state index in [4.69, 9.17) is 4.98 Å². The Labute approximate surface area is 117 Å². The third-order valence-corrected chi connectivity index (χ3v) is 2.93. The lowest BCUT2D eigenvalue weighted by atomic mass is 9.90. The number of rotatable bonds is 3. The van der Waals surface area contributed by atoms with E-state index in [1.54, 1.807) is 0 Å². The smallest absolute Gasteiger partial charge is 0.128 e. The zero-order chi connectivity index (χ0) is 14.8. The highest BCUT2D eigenvalue weighted by Gasteiger charge is 2.20. The topological polar surface area (TPSA) is 36.4 Å². The molecule has 0 aliphatic rings. The Kier molecular flexibility index (Phi) is 4.62. The number of aliphatic hydroxyl groups excluding tert-OH is 1. The lowest BCUT2D eigenvalue weighted by Gasteiger charge is -2.29. The lowest BCUT2D eigenvalue weighted by Crippen LogP contribution is -2.30. The Hall–Kier alpha value is -1.09. The van der Waals surface area contributed by atoms with Crippen LogP contribution in [0.1, 0.15) is 52.8 Å². The number of pyridine rings is 1. The van der Waals surface area contributed by atoms with Gasteiger partial charge in [0, 0.05) is 24.7 Å². The van der Waals surface area contributed by atoms with Gasteiger partial charge in [-0.05, 0) is 23.1 Å². The summed E-state index contributed by atoms with van der Waals surface area (Å²) >= 11 is 0. The third kappa shape index (κ3) is 4.83. The summed E-state index contributed by atoms with van der Waals surface area (Å²) in [5, 5.41) is 9.42. The van der Waals surface area contributed by atoms with Crippen molar-refractivity contribution in [2.45, 2.75) is 53.6 Å². The highest BCUT2D eigenvalue weighted by molar-refractivity contribution is 5.43. The first-order valence-corrected chi connectivity index (χ1v) is 6.86. The summed E-state index contributed by atoms with van der Waals surface area (Å²) in [4.78, 5) is 6.91. The van der Waals surface area contributed by atoms with Crippen molar-refractivity contribution in [2.24, 2.45) is 5.41 Å². The van der Waals surface area contributed by atoms with Crippen molar-refractivity contribution >= 4 is 5.82 Å². The van der Waals surface area contributed by atoms with Crippen LogP contribution in [0, 0.1) is 5.41 Å². The van der Waals surface area contributed by atoms with Gasteiger partial charge in [-0.1, -0.05) is 41.5 Å². The minimum Gasteiger partial charge on any atom is -0.392 e. The van der Waals surface area contributed by atoms with Crippen molar-refractivity contribution in [3.05, 3.63) is 23.4 Å². The molecule has 0 atom stereocenters. The average Bonchev–Trinajstić information content (AvgIpc) is 2.25. The van der Waals surface area contributed by atoms with E-state index >= 15 is 0 Å². The van der Waals surface area contributed by atoms with Gasteiger partial charge in [-0.3, -0.25) is 0 Å². The lowest BCUT2D eigenvalue weighted by molar-refractivity contribution is 0.281. The molecule has 3 heteroatoms. The molecule has 3 nitrogen and oxygen atoms in total. The molecule has 0 fully saturated rings. The second-order valence-corrected chi connectivity index (χ2v) is 7.54. The Balaban J connectivity index is 3.13. The summed E-state index contributed by atoms with van der Waals surface area (Å²) in [6.45, 7) is 14.1. The number of aliphatic hydroxyl groups is 1. The Morgan fingerprint density at radius 3 is 2.11 bits per heavy atom. The van der Waals surface area contributed by atoms with E-state index in [1.165, 1.54) is 0 Å². The van der Waals surface area contributed by atoms with Crippen molar-refractivity contribution in [1.82, 2.24) is 4.98 Å². The molecule has 0 saturated carbocycles. The largest absolute Gasteiger partial charge is 0.392 e. The number of aromatic nitrogens is 1.